The Morgan fingerprint density at radius 3 is 1.41 bits per heavy atom. The summed E-state index contributed by atoms with van der Waals surface area (Å²) in [6, 6.07) is 12.6. The number of Topliss-reactive ketones (excluding diaryl/α,β-unsaturated/α-hetero) is 2. The maximum atomic E-state index is 13.1. The molecule has 4 bridgehead atoms. The Hall–Kier alpha value is -4.48. The minimum absolute atomic E-state index is 0. The van der Waals surface area contributed by atoms with E-state index in [9.17, 15) is 19.8 Å². The average Bonchev–Trinajstić information content (AvgIpc) is 4.14. The molecule has 10 atom stereocenters. The van der Waals surface area contributed by atoms with Gasteiger partial charge in [-0.05, 0) is 159 Å². The quantitative estimate of drug-likeness (QED) is 0.115. The zero-order valence-corrected chi connectivity index (χ0v) is 44.1. The molecular formula is C61H84N4O6. The van der Waals surface area contributed by atoms with E-state index in [1.54, 1.807) is 12.4 Å². The van der Waals surface area contributed by atoms with Gasteiger partial charge >= 0.3 is 0 Å². The number of H-pyrrole nitrogens is 2. The van der Waals surface area contributed by atoms with Crippen molar-refractivity contribution < 1.29 is 29.3 Å². The number of carbonyl (C=O) groups is 2. The fourth-order valence-corrected chi connectivity index (χ4v) is 13.3. The second-order valence-electron chi connectivity index (χ2n) is 24.7. The van der Waals surface area contributed by atoms with Crippen molar-refractivity contribution in [2.24, 2.45) is 34.5 Å². The minimum atomic E-state index is -1.01. The van der Waals surface area contributed by atoms with Crippen LogP contribution in [0.1, 0.15) is 207 Å². The Morgan fingerprint density at radius 1 is 0.634 bits per heavy atom. The molecule has 10 heteroatoms. The number of hydrogen-bond acceptors (Lipinski definition) is 8. The molecule has 4 aromatic rings. The second kappa shape index (κ2) is 19.1. The lowest BCUT2D eigenvalue weighted by molar-refractivity contribution is -0.267. The molecular weight excluding hydrogens is 885 g/mol. The molecule has 4 N–H and O–H groups in total. The van der Waals surface area contributed by atoms with E-state index in [4.69, 9.17) is 9.47 Å². The van der Waals surface area contributed by atoms with Crippen molar-refractivity contribution in [3.63, 3.8) is 0 Å². The Kier molecular flexibility index (Phi) is 14.2. The van der Waals surface area contributed by atoms with E-state index in [2.05, 4.69) is 132 Å². The standard InChI is InChI=1S/C31H42N2O3.C29H38N2O3.CH4/c1-19-18-32-27(33-19)26(34)16-23-8-9-24(17-25(23)22-10-12-28(4,5)13-11-22)31(35)20(2)29(6)14-15-30(7,36-29)21(31)3;1-17-16-30-27(31-17)24(32)14-21-6-7-22(15-23(21)20-10-12-28(4,5)13-11-20)29(33)18(2)25-8-9-26(34-25)19(29)3;/h8-10,17-18,20-21,35H,11-16H2,1-7H3,(H,32,33);6-7,10,15-16,18-19,25-26,33H,8-9,11-14H2,1-5H3,(H,30,31);1H4/t20-,21+,29+,30?,31?;18-,19+,25+,26?,29?;/m00./s1. The van der Waals surface area contributed by atoms with Crippen LogP contribution in [-0.4, -0.2) is 65.1 Å². The van der Waals surface area contributed by atoms with Gasteiger partial charge in [0, 0.05) is 60.3 Å². The van der Waals surface area contributed by atoms with Crippen LogP contribution in [0, 0.1) is 48.3 Å². The summed E-state index contributed by atoms with van der Waals surface area (Å²) in [5.74, 6) is 0.723. The number of aromatic amines is 2. The van der Waals surface area contributed by atoms with Crippen LogP contribution in [0.2, 0.25) is 0 Å². The molecule has 0 radical (unpaired) electrons. The molecule has 2 aromatic heterocycles. The first kappa shape index (κ1) is 52.8. The highest BCUT2D eigenvalue weighted by Gasteiger charge is 2.65. The van der Waals surface area contributed by atoms with Gasteiger partial charge < -0.3 is 29.7 Å². The molecule has 6 heterocycles. The number of carbonyl (C=O) groups excluding carboxylic acids is 2. The lowest BCUT2D eigenvalue weighted by atomic mass is 9.63. The predicted molar refractivity (Wildman–Crippen MR) is 283 cm³/mol. The van der Waals surface area contributed by atoms with Crippen molar-refractivity contribution in [2.45, 2.75) is 202 Å². The third-order valence-electron chi connectivity index (χ3n) is 18.7. The highest BCUT2D eigenvalue weighted by molar-refractivity contribution is 5.96. The number of imidazole rings is 2. The van der Waals surface area contributed by atoms with Gasteiger partial charge in [-0.15, -0.1) is 0 Å². The van der Waals surface area contributed by atoms with Crippen LogP contribution >= 0.6 is 0 Å². The van der Waals surface area contributed by atoms with Gasteiger partial charge in [0.2, 0.25) is 11.6 Å². The van der Waals surface area contributed by atoms with Crippen LogP contribution in [0.25, 0.3) is 11.1 Å². The molecule has 0 saturated carbocycles. The van der Waals surface area contributed by atoms with E-state index >= 15 is 0 Å². The van der Waals surface area contributed by atoms with Crippen LogP contribution in [0.5, 0.6) is 0 Å². The number of nitrogens with one attached hydrogen (secondary N) is 2. The highest BCUT2D eigenvalue weighted by Crippen LogP contribution is 2.61. The highest BCUT2D eigenvalue weighted by atomic mass is 16.5. The monoisotopic (exact) mass is 969 g/mol. The summed E-state index contributed by atoms with van der Waals surface area (Å²) in [7, 11) is 0. The van der Waals surface area contributed by atoms with E-state index < -0.39 is 11.2 Å². The molecule has 0 spiro atoms. The second-order valence-corrected chi connectivity index (χ2v) is 24.7. The van der Waals surface area contributed by atoms with Gasteiger partial charge in [-0.1, -0.05) is 99.2 Å². The summed E-state index contributed by atoms with van der Waals surface area (Å²) in [4.78, 5) is 40.8. The van der Waals surface area contributed by atoms with Crippen molar-refractivity contribution >= 4 is 22.7 Å². The van der Waals surface area contributed by atoms with Crippen molar-refractivity contribution in [3.05, 3.63) is 117 Å². The Morgan fingerprint density at radius 2 is 1.04 bits per heavy atom. The number of rotatable bonds is 10. The largest absolute Gasteiger partial charge is 0.384 e. The number of hydrogen-bond donors (Lipinski definition) is 4. The Labute approximate surface area is 424 Å². The van der Waals surface area contributed by atoms with Gasteiger partial charge in [-0.3, -0.25) is 9.59 Å². The number of nitrogens with zero attached hydrogens (tertiary/aromatic N) is 2. The number of ether oxygens (including phenoxy) is 2. The molecule has 0 amide bonds. The van der Waals surface area contributed by atoms with Gasteiger partial charge in [0.1, 0.15) is 5.60 Å². The molecule has 71 heavy (non-hydrogen) atoms. The number of aromatic nitrogens is 4. The van der Waals surface area contributed by atoms with Crippen LogP contribution in [0.15, 0.2) is 60.9 Å². The summed E-state index contributed by atoms with van der Waals surface area (Å²) in [6.45, 7) is 25.9. The number of aliphatic hydroxyl groups is 2. The molecule has 6 aliphatic rings. The van der Waals surface area contributed by atoms with Crippen LogP contribution in [0.3, 0.4) is 0 Å². The van der Waals surface area contributed by atoms with Gasteiger partial charge in [-0.25, -0.2) is 9.97 Å². The van der Waals surface area contributed by atoms with E-state index in [1.807, 2.05) is 19.9 Å². The Bertz CT molecular complexity index is 2680. The van der Waals surface area contributed by atoms with Crippen molar-refractivity contribution in [1.82, 2.24) is 19.9 Å². The topological polar surface area (TPSA) is 150 Å². The molecule has 2 aromatic carbocycles. The van der Waals surface area contributed by atoms with Crippen LogP contribution < -0.4 is 0 Å². The van der Waals surface area contributed by atoms with Crippen LogP contribution in [-0.2, 0) is 33.5 Å². The molecule has 2 aliphatic carbocycles. The van der Waals surface area contributed by atoms with E-state index in [1.165, 1.54) is 11.1 Å². The molecule has 4 aliphatic heterocycles. The fraction of sp³-hybridized carbons (Fsp3) is 0.607. The molecule has 384 valence electrons. The number of allylic oxidation sites excluding steroid dienone is 4. The van der Waals surface area contributed by atoms with Gasteiger partial charge in [-0.2, -0.15) is 0 Å². The zero-order chi connectivity index (χ0) is 50.3. The SMILES string of the molecule is C.Cc1cnc(C(=O)Cc2ccc(C3(O)[C@H](C)C4(C)CC[C@@](C)(O4)[C@@H]3C)cc2C2=CCC(C)(C)CC2)[nH]1.Cc1cnc(C(=O)Cc2ccc(C3(O)[C@H](C)C4CC[C@@H](O4)[C@@H]3C)cc2C2=CCC(C)(C)CC2)[nH]1. The number of fused-ring (bicyclic) bond motifs is 4. The van der Waals surface area contributed by atoms with E-state index in [-0.39, 0.29) is 77.9 Å². The maximum absolute atomic E-state index is 13.1. The first-order valence-electron chi connectivity index (χ1n) is 26.4. The third-order valence-corrected chi connectivity index (χ3v) is 18.7. The van der Waals surface area contributed by atoms with E-state index in [0.717, 1.165) is 109 Å². The van der Waals surface area contributed by atoms with Crippen molar-refractivity contribution in [2.75, 3.05) is 0 Å². The predicted octanol–water partition coefficient (Wildman–Crippen LogP) is 12.9. The molecule has 4 fully saturated rings. The summed E-state index contributed by atoms with van der Waals surface area (Å²) in [5.41, 5.74) is 8.38. The zero-order valence-electron chi connectivity index (χ0n) is 44.1. The Balaban J connectivity index is 0.000000188. The molecule has 10 nitrogen and oxygen atoms in total. The van der Waals surface area contributed by atoms with Gasteiger partial charge in [0.05, 0.1) is 29.0 Å². The minimum Gasteiger partial charge on any atom is -0.384 e. The van der Waals surface area contributed by atoms with Crippen molar-refractivity contribution in [3.8, 4) is 0 Å². The van der Waals surface area contributed by atoms with Gasteiger partial charge in [0.25, 0.3) is 0 Å². The number of ketones is 2. The summed E-state index contributed by atoms with van der Waals surface area (Å²) < 4.78 is 12.8. The summed E-state index contributed by atoms with van der Waals surface area (Å²) >= 11 is 0. The summed E-state index contributed by atoms with van der Waals surface area (Å²) in [6.07, 6.45) is 19.0. The number of benzene rings is 2. The lowest BCUT2D eigenvalue weighted by Gasteiger charge is -2.55. The molecule has 4 saturated heterocycles. The molecule has 10 rings (SSSR count). The van der Waals surface area contributed by atoms with E-state index in [0.29, 0.717) is 23.5 Å². The third kappa shape index (κ3) is 9.65. The first-order valence-corrected chi connectivity index (χ1v) is 26.4. The van der Waals surface area contributed by atoms with Crippen molar-refractivity contribution in [1.29, 1.82) is 0 Å². The molecule has 4 unspecified atom stereocenters. The normalized spacial score (nSPS) is 33.5. The number of aryl methyl sites for hydroxylation is 2. The van der Waals surface area contributed by atoms with Crippen LogP contribution in [0.4, 0.5) is 0 Å². The maximum Gasteiger partial charge on any atom is 0.202 e. The first-order chi connectivity index (χ1) is 32.9. The smallest absolute Gasteiger partial charge is 0.202 e. The average molecular weight is 969 g/mol. The fourth-order valence-electron chi connectivity index (χ4n) is 13.3. The summed E-state index contributed by atoms with van der Waals surface area (Å²) in [5, 5.41) is 24.6. The lowest BCUT2D eigenvalue weighted by Crippen LogP contribution is -2.61. The van der Waals surface area contributed by atoms with Gasteiger partial charge in [0.15, 0.2) is 11.6 Å².